The Bertz CT molecular complexity index is 930. The van der Waals surface area contributed by atoms with E-state index in [0.29, 0.717) is 41.5 Å². The lowest BCUT2D eigenvalue weighted by Crippen LogP contribution is -2.33. The Morgan fingerprint density at radius 2 is 2.21 bits per heavy atom. The molecule has 0 radical (unpaired) electrons. The van der Waals surface area contributed by atoms with Crippen molar-refractivity contribution in [1.29, 1.82) is 0 Å². The molecule has 1 aliphatic rings. The minimum atomic E-state index is -0.536. The Kier molecular flexibility index (Phi) is 3.93. The van der Waals surface area contributed by atoms with Crippen molar-refractivity contribution in [3.8, 4) is 10.7 Å². The van der Waals surface area contributed by atoms with Crippen LogP contribution >= 0.6 is 23.6 Å². The summed E-state index contributed by atoms with van der Waals surface area (Å²) in [6, 6.07) is 6.25. The van der Waals surface area contributed by atoms with Crippen LogP contribution in [-0.4, -0.2) is 21.3 Å². The number of aromatic nitrogens is 3. The molecular weight excluding hydrogens is 350 g/mol. The third-order valence-corrected chi connectivity index (χ3v) is 5.23. The highest BCUT2D eigenvalue weighted by atomic mass is 32.1. The van der Waals surface area contributed by atoms with Crippen LogP contribution in [-0.2, 0) is 13.1 Å². The number of rotatable bonds is 3. The number of fused-ring (bicyclic) bond motifs is 1. The Morgan fingerprint density at radius 1 is 1.33 bits per heavy atom. The van der Waals surface area contributed by atoms with E-state index in [0.717, 1.165) is 17.4 Å². The maximum atomic E-state index is 14.3. The zero-order chi connectivity index (χ0) is 16.7. The van der Waals surface area contributed by atoms with Gasteiger partial charge in [0.1, 0.15) is 18.3 Å². The van der Waals surface area contributed by atoms with Gasteiger partial charge in [-0.1, -0.05) is 6.07 Å². The standard InChI is InChI=1S/C16H14F2N4S2/c17-11-7-10-3-1-5-21(14(10)12(18)8-11)9-22-16(23)19-15(20-22)13-4-2-6-24-13/h2,4,6-8H,1,3,5,9H2,(H,19,20,23). The van der Waals surface area contributed by atoms with Gasteiger partial charge in [0.2, 0.25) is 4.77 Å². The Hall–Kier alpha value is -2.06. The predicted molar refractivity (Wildman–Crippen MR) is 92.7 cm³/mol. The molecule has 0 spiro atoms. The van der Waals surface area contributed by atoms with Crippen LogP contribution in [0, 0.1) is 16.4 Å². The summed E-state index contributed by atoms with van der Waals surface area (Å²) < 4.78 is 29.8. The quantitative estimate of drug-likeness (QED) is 0.702. The Morgan fingerprint density at radius 3 is 3.00 bits per heavy atom. The molecule has 8 heteroatoms. The second kappa shape index (κ2) is 6.10. The van der Waals surface area contributed by atoms with Crippen LogP contribution in [0.5, 0.6) is 0 Å². The molecule has 0 saturated heterocycles. The van der Waals surface area contributed by atoms with Crippen molar-refractivity contribution in [2.45, 2.75) is 19.5 Å². The first-order valence-electron chi connectivity index (χ1n) is 7.55. The van der Waals surface area contributed by atoms with Crippen molar-refractivity contribution < 1.29 is 8.78 Å². The summed E-state index contributed by atoms with van der Waals surface area (Å²) in [5.74, 6) is -0.368. The molecule has 0 bridgehead atoms. The van der Waals surface area contributed by atoms with E-state index in [1.807, 2.05) is 22.4 Å². The molecular formula is C16H14F2N4S2. The maximum Gasteiger partial charge on any atom is 0.218 e. The molecule has 1 aliphatic heterocycles. The summed E-state index contributed by atoms with van der Waals surface area (Å²) in [5, 5.41) is 5.13. The molecule has 0 unspecified atom stereocenters. The van der Waals surface area contributed by atoms with E-state index in [9.17, 15) is 8.78 Å². The summed E-state index contributed by atoms with van der Waals surface area (Å²) in [4.78, 5) is 7.23. The zero-order valence-corrected chi connectivity index (χ0v) is 14.3. The van der Waals surface area contributed by atoms with Crippen LogP contribution in [0.25, 0.3) is 10.7 Å². The smallest absolute Gasteiger partial charge is 0.218 e. The molecule has 0 amide bonds. The number of halogens is 2. The van der Waals surface area contributed by atoms with Crippen LogP contribution in [0.3, 0.4) is 0 Å². The minimum Gasteiger partial charge on any atom is -0.349 e. The number of aromatic amines is 1. The molecule has 3 heterocycles. The first-order chi connectivity index (χ1) is 11.6. The molecule has 3 aromatic rings. The first kappa shape index (κ1) is 15.5. The van der Waals surface area contributed by atoms with Crippen LogP contribution < -0.4 is 4.90 Å². The SMILES string of the molecule is Fc1cc(F)c2c(c1)CCCN2Cn1[nH]c(-c2cccs2)nc1=S. The molecule has 0 saturated carbocycles. The second-order valence-electron chi connectivity index (χ2n) is 5.66. The fraction of sp³-hybridized carbons (Fsp3) is 0.250. The van der Waals surface area contributed by atoms with Gasteiger partial charge in [-0.15, -0.1) is 11.3 Å². The topological polar surface area (TPSA) is 36.9 Å². The van der Waals surface area contributed by atoms with Crippen LogP contribution in [0.2, 0.25) is 0 Å². The average Bonchev–Trinajstić information content (AvgIpc) is 3.17. The number of hydrogen-bond acceptors (Lipinski definition) is 4. The molecule has 1 N–H and O–H groups in total. The predicted octanol–water partition coefficient (Wildman–Crippen LogP) is 4.36. The number of aryl methyl sites for hydroxylation is 1. The van der Waals surface area contributed by atoms with Crippen molar-refractivity contribution in [2.75, 3.05) is 11.4 Å². The molecule has 4 nitrogen and oxygen atoms in total. The highest BCUT2D eigenvalue weighted by Crippen LogP contribution is 2.31. The number of H-pyrrole nitrogens is 1. The van der Waals surface area contributed by atoms with E-state index in [1.54, 1.807) is 16.0 Å². The first-order valence-corrected chi connectivity index (χ1v) is 8.84. The molecule has 4 rings (SSSR count). The largest absolute Gasteiger partial charge is 0.349 e. The normalized spacial score (nSPS) is 14.0. The van der Waals surface area contributed by atoms with Gasteiger partial charge in [-0.05, 0) is 48.1 Å². The number of hydrogen-bond donors (Lipinski definition) is 1. The van der Waals surface area contributed by atoms with Gasteiger partial charge < -0.3 is 4.90 Å². The number of thiophene rings is 1. The lowest BCUT2D eigenvalue weighted by Gasteiger charge is -2.31. The highest BCUT2D eigenvalue weighted by molar-refractivity contribution is 7.71. The third kappa shape index (κ3) is 2.76. The van der Waals surface area contributed by atoms with E-state index in [1.165, 1.54) is 6.07 Å². The summed E-state index contributed by atoms with van der Waals surface area (Å²) >= 11 is 6.88. The van der Waals surface area contributed by atoms with Crippen molar-refractivity contribution in [2.24, 2.45) is 0 Å². The number of nitrogens with one attached hydrogen (secondary N) is 1. The monoisotopic (exact) mass is 364 g/mol. The molecule has 1 aromatic carbocycles. The molecule has 0 atom stereocenters. The van der Waals surface area contributed by atoms with Gasteiger partial charge >= 0.3 is 0 Å². The van der Waals surface area contributed by atoms with Crippen molar-refractivity contribution in [1.82, 2.24) is 14.8 Å². The van der Waals surface area contributed by atoms with E-state index in [-0.39, 0.29) is 0 Å². The second-order valence-corrected chi connectivity index (χ2v) is 6.98. The summed E-state index contributed by atoms with van der Waals surface area (Å²) in [6.07, 6.45) is 1.52. The Labute approximate surface area is 146 Å². The molecule has 0 fully saturated rings. The lowest BCUT2D eigenvalue weighted by atomic mass is 10.0. The summed E-state index contributed by atoms with van der Waals surface area (Å²) in [6.45, 7) is 1.04. The zero-order valence-electron chi connectivity index (χ0n) is 12.6. The van der Waals surface area contributed by atoms with Gasteiger partial charge in [-0.3, -0.25) is 5.10 Å². The average molecular weight is 364 g/mol. The Balaban J connectivity index is 1.67. The lowest BCUT2D eigenvalue weighted by molar-refractivity contribution is 0.518. The van der Waals surface area contributed by atoms with E-state index < -0.39 is 11.6 Å². The van der Waals surface area contributed by atoms with Crippen molar-refractivity contribution in [3.63, 3.8) is 0 Å². The maximum absolute atomic E-state index is 14.3. The van der Waals surface area contributed by atoms with Gasteiger partial charge in [0, 0.05) is 12.6 Å². The summed E-state index contributed by atoms with van der Waals surface area (Å²) in [5.41, 5.74) is 1.15. The van der Waals surface area contributed by atoms with Gasteiger partial charge in [0.25, 0.3) is 0 Å². The van der Waals surface area contributed by atoms with Gasteiger partial charge in [0.15, 0.2) is 5.82 Å². The van der Waals surface area contributed by atoms with Gasteiger partial charge in [0.05, 0.1) is 10.6 Å². The highest BCUT2D eigenvalue weighted by Gasteiger charge is 2.22. The van der Waals surface area contributed by atoms with Gasteiger partial charge in [-0.25, -0.2) is 13.5 Å². The third-order valence-electron chi connectivity index (χ3n) is 4.04. The van der Waals surface area contributed by atoms with E-state index in [2.05, 4.69) is 10.1 Å². The van der Waals surface area contributed by atoms with E-state index >= 15 is 0 Å². The molecule has 24 heavy (non-hydrogen) atoms. The van der Waals surface area contributed by atoms with Crippen molar-refractivity contribution in [3.05, 3.63) is 51.6 Å². The van der Waals surface area contributed by atoms with Crippen LogP contribution in [0.4, 0.5) is 14.5 Å². The van der Waals surface area contributed by atoms with Crippen molar-refractivity contribution >= 4 is 29.2 Å². The van der Waals surface area contributed by atoms with Crippen LogP contribution in [0.1, 0.15) is 12.0 Å². The molecule has 0 aliphatic carbocycles. The summed E-state index contributed by atoms with van der Waals surface area (Å²) in [7, 11) is 0. The molecule has 2 aromatic heterocycles. The van der Waals surface area contributed by atoms with Gasteiger partial charge in [-0.2, -0.15) is 4.98 Å². The minimum absolute atomic E-state index is 0.354. The number of benzene rings is 1. The number of nitrogens with zero attached hydrogens (tertiary/aromatic N) is 3. The number of anilines is 1. The fourth-order valence-corrected chi connectivity index (χ4v) is 3.88. The van der Waals surface area contributed by atoms with Crippen LogP contribution in [0.15, 0.2) is 29.6 Å². The fourth-order valence-electron chi connectivity index (χ4n) is 3.02. The molecule has 124 valence electrons. The van der Waals surface area contributed by atoms with E-state index in [4.69, 9.17) is 12.2 Å².